The number of fused-ring (bicyclic) bond motifs is 1. The predicted molar refractivity (Wildman–Crippen MR) is 123 cm³/mol. The van der Waals surface area contributed by atoms with Crippen molar-refractivity contribution in [2.45, 2.75) is 40.5 Å². The van der Waals surface area contributed by atoms with Crippen molar-refractivity contribution in [2.24, 2.45) is 5.41 Å². The first-order valence-electron chi connectivity index (χ1n) is 10.2. The summed E-state index contributed by atoms with van der Waals surface area (Å²) < 4.78 is 12.5. The van der Waals surface area contributed by atoms with Gasteiger partial charge >= 0.3 is 5.97 Å². The van der Waals surface area contributed by atoms with Crippen LogP contribution in [-0.4, -0.2) is 30.2 Å². The number of benzene rings is 2. The highest BCUT2D eigenvalue weighted by atomic mass is 35.5. The molecule has 0 atom stereocenters. The van der Waals surface area contributed by atoms with Gasteiger partial charge in [0.1, 0.15) is 5.75 Å². The molecule has 6 heteroatoms. The summed E-state index contributed by atoms with van der Waals surface area (Å²) in [5, 5.41) is 1.36. The van der Waals surface area contributed by atoms with E-state index in [2.05, 4.69) is 20.8 Å². The average Bonchev–Trinajstić information content (AvgIpc) is 2.98. The molecule has 1 heterocycles. The van der Waals surface area contributed by atoms with Crippen molar-refractivity contribution in [1.82, 2.24) is 4.57 Å². The zero-order valence-corrected chi connectivity index (χ0v) is 19.4. The maximum absolute atomic E-state index is 13.3. The van der Waals surface area contributed by atoms with E-state index in [9.17, 15) is 9.59 Å². The Balaban J connectivity index is 1.99. The summed E-state index contributed by atoms with van der Waals surface area (Å²) >= 11 is 5.97. The average molecular weight is 442 g/mol. The minimum atomic E-state index is -0.312. The number of hydrogen-bond acceptors (Lipinski definition) is 4. The highest BCUT2D eigenvalue weighted by Gasteiger charge is 2.22. The predicted octanol–water partition coefficient (Wildman–Crippen LogP) is 5.82. The summed E-state index contributed by atoms with van der Waals surface area (Å²) in [6.45, 7) is 8.53. The first-order chi connectivity index (χ1) is 14.6. The third kappa shape index (κ3) is 5.28. The molecule has 0 saturated heterocycles. The van der Waals surface area contributed by atoms with Gasteiger partial charge in [-0.25, -0.2) is 0 Å². The van der Waals surface area contributed by atoms with Crippen LogP contribution < -0.4 is 4.74 Å². The Labute approximate surface area is 187 Å². The number of carbonyl (C=O) groups is 2. The lowest BCUT2D eigenvalue weighted by molar-refractivity contribution is -0.143. The van der Waals surface area contributed by atoms with E-state index < -0.39 is 0 Å². The number of halogens is 1. The quantitative estimate of drug-likeness (QED) is 0.452. The largest absolute Gasteiger partial charge is 0.497 e. The molecule has 0 aliphatic carbocycles. The standard InChI is InChI=1S/C25H28ClNO4/c1-16-20(15-23(28)31-13-12-25(2,3)4)21-14-19(30-5)10-11-22(21)27(16)24(29)17-6-8-18(26)9-7-17/h6-11,14H,12-13,15H2,1-5H3. The molecule has 0 spiro atoms. The fraction of sp³-hybridized carbons (Fsp3) is 0.360. The van der Waals surface area contributed by atoms with Gasteiger partial charge in [-0.1, -0.05) is 32.4 Å². The Morgan fingerprint density at radius 3 is 2.35 bits per heavy atom. The maximum atomic E-state index is 13.3. The van der Waals surface area contributed by atoms with E-state index in [1.54, 1.807) is 42.0 Å². The molecule has 0 unspecified atom stereocenters. The zero-order chi connectivity index (χ0) is 22.8. The summed E-state index contributed by atoms with van der Waals surface area (Å²) in [5.41, 5.74) is 2.79. The second-order valence-electron chi connectivity index (χ2n) is 8.80. The first-order valence-corrected chi connectivity index (χ1v) is 10.6. The van der Waals surface area contributed by atoms with E-state index in [1.807, 2.05) is 19.1 Å². The molecule has 164 valence electrons. The van der Waals surface area contributed by atoms with E-state index in [1.165, 1.54) is 0 Å². The minimum absolute atomic E-state index is 0.0839. The van der Waals surface area contributed by atoms with Crippen molar-refractivity contribution in [3.05, 3.63) is 64.3 Å². The molecule has 0 bridgehead atoms. The minimum Gasteiger partial charge on any atom is -0.497 e. The molecule has 0 aliphatic heterocycles. The molecule has 2 aromatic carbocycles. The van der Waals surface area contributed by atoms with Crippen LogP contribution in [0.25, 0.3) is 10.9 Å². The number of hydrogen-bond donors (Lipinski definition) is 0. The van der Waals surface area contributed by atoms with Gasteiger partial charge in [-0.05, 0) is 66.8 Å². The summed E-state index contributed by atoms with van der Waals surface area (Å²) in [6.07, 6.45) is 0.864. The van der Waals surface area contributed by atoms with Crippen LogP contribution in [0, 0.1) is 12.3 Å². The fourth-order valence-corrected chi connectivity index (χ4v) is 3.59. The van der Waals surface area contributed by atoms with Crippen molar-refractivity contribution in [3.63, 3.8) is 0 Å². The SMILES string of the molecule is COc1ccc2c(c1)c(CC(=O)OCCC(C)(C)C)c(C)n2C(=O)c1ccc(Cl)cc1. The molecule has 1 aromatic heterocycles. The zero-order valence-electron chi connectivity index (χ0n) is 18.6. The second kappa shape index (κ2) is 9.15. The molecule has 5 nitrogen and oxygen atoms in total. The summed E-state index contributed by atoms with van der Waals surface area (Å²) in [4.78, 5) is 25.9. The van der Waals surface area contributed by atoms with Crippen LogP contribution in [0.4, 0.5) is 0 Å². The van der Waals surface area contributed by atoms with Gasteiger partial charge < -0.3 is 9.47 Å². The molecule has 0 saturated carbocycles. The number of esters is 1. The maximum Gasteiger partial charge on any atom is 0.310 e. The van der Waals surface area contributed by atoms with Crippen molar-refractivity contribution >= 4 is 34.4 Å². The molecule has 0 aliphatic rings. The molecule has 0 amide bonds. The fourth-order valence-electron chi connectivity index (χ4n) is 3.46. The van der Waals surface area contributed by atoms with Crippen LogP contribution in [-0.2, 0) is 16.0 Å². The Bertz CT molecular complexity index is 1110. The van der Waals surface area contributed by atoms with Gasteiger partial charge in [0.2, 0.25) is 0 Å². The van der Waals surface area contributed by atoms with E-state index in [4.69, 9.17) is 21.1 Å². The van der Waals surface area contributed by atoms with E-state index in [0.717, 1.165) is 22.9 Å². The summed E-state index contributed by atoms with van der Waals surface area (Å²) in [6, 6.07) is 12.3. The van der Waals surface area contributed by atoms with Crippen LogP contribution in [0.3, 0.4) is 0 Å². The van der Waals surface area contributed by atoms with Crippen molar-refractivity contribution < 1.29 is 19.1 Å². The highest BCUT2D eigenvalue weighted by Crippen LogP contribution is 2.31. The van der Waals surface area contributed by atoms with Crippen molar-refractivity contribution in [1.29, 1.82) is 0 Å². The van der Waals surface area contributed by atoms with Crippen LogP contribution in [0.15, 0.2) is 42.5 Å². The molecular formula is C25H28ClNO4. The molecule has 0 N–H and O–H groups in total. The van der Waals surface area contributed by atoms with Crippen LogP contribution in [0.5, 0.6) is 5.75 Å². The lowest BCUT2D eigenvalue weighted by Crippen LogP contribution is -2.16. The highest BCUT2D eigenvalue weighted by molar-refractivity contribution is 6.30. The molecule has 3 aromatic rings. The monoisotopic (exact) mass is 441 g/mol. The summed E-state index contributed by atoms with van der Waals surface area (Å²) in [7, 11) is 1.59. The summed E-state index contributed by atoms with van der Waals surface area (Å²) in [5.74, 6) is 0.163. The van der Waals surface area contributed by atoms with Crippen LogP contribution in [0.2, 0.25) is 5.02 Å². The molecule has 0 fully saturated rings. The first kappa shape index (κ1) is 22.9. The number of ether oxygens (including phenoxy) is 2. The van der Waals surface area contributed by atoms with Gasteiger partial charge in [0, 0.05) is 21.7 Å². The number of carbonyl (C=O) groups excluding carboxylic acids is 2. The van der Waals surface area contributed by atoms with Crippen LogP contribution >= 0.6 is 11.6 Å². The van der Waals surface area contributed by atoms with Gasteiger partial charge in [-0.15, -0.1) is 0 Å². The van der Waals surface area contributed by atoms with Gasteiger partial charge in [0.25, 0.3) is 5.91 Å². The van der Waals surface area contributed by atoms with E-state index >= 15 is 0 Å². The lowest BCUT2D eigenvalue weighted by Gasteiger charge is -2.17. The Morgan fingerprint density at radius 1 is 1.06 bits per heavy atom. The Kier molecular flexibility index (Phi) is 6.75. The number of nitrogens with zero attached hydrogens (tertiary/aromatic N) is 1. The second-order valence-corrected chi connectivity index (χ2v) is 9.24. The van der Waals surface area contributed by atoms with E-state index in [-0.39, 0.29) is 23.7 Å². The van der Waals surface area contributed by atoms with Crippen LogP contribution in [0.1, 0.15) is 48.8 Å². The molecule has 3 rings (SSSR count). The molecule has 0 radical (unpaired) electrons. The van der Waals surface area contributed by atoms with E-state index in [0.29, 0.717) is 28.6 Å². The van der Waals surface area contributed by atoms with Gasteiger partial charge in [-0.2, -0.15) is 0 Å². The van der Waals surface area contributed by atoms with Gasteiger partial charge in [0.15, 0.2) is 0 Å². The van der Waals surface area contributed by atoms with Crippen molar-refractivity contribution in [2.75, 3.05) is 13.7 Å². The number of methoxy groups -OCH3 is 1. The smallest absolute Gasteiger partial charge is 0.310 e. The number of rotatable bonds is 6. The van der Waals surface area contributed by atoms with Gasteiger partial charge in [0.05, 0.1) is 25.7 Å². The lowest BCUT2D eigenvalue weighted by atomic mass is 9.93. The van der Waals surface area contributed by atoms with Crippen molar-refractivity contribution in [3.8, 4) is 5.75 Å². The number of aromatic nitrogens is 1. The third-order valence-electron chi connectivity index (χ3n) is 5.27. The molecule has 31 heavy (non-hydrogen) atoms. The molecular weight excluding hydrogens is 414 g/mol. The Morgan fingerprint density at radius 2 is 1.74 bits per heavy atom. The normalized spacial score (nSPS) is 11.5. The van der Waals surface area contributed by atoms with Gasteiger partial charge in [-0.3, -0.25) is 14.2 Å². The topological polar surface area (TPSA) is 57.5 Å². The Hall–Kier alpha value is -2.79. The third-order valence-corrected chi connectivity index (χ3v) is 5.52.